The van der Waals surface area contributed by atoms with Gasteiger partial charge in [-0.05, 0) is 43.5 Å². The van der Waals surface area contributed by atoms with Gasteiger partial charge in [-0.15, -0.1) is 0 Å². The fraction of sp³-hybridized carbons (Fsp3) is 0.545. The second-order valence-corrected chi connectivity index (χ2v) is 7.03. The fourth-order valence-electron chi connectivity index (χ4n) is 3.53. The monoisotopic (exact) mass is 389 g/mol. The van der Waals surface area contributed by atoms with Crippen molar-refractivity contribution in [1.29, 1.82) is 0 Å². The molecule has 0 aromatic heterocycles. The number of amides is 1. The van der Waals surface area contributed by atoms with Crippen LogP contribution >= 0.6 is 0 Å². The average molecular weight is 389 g/mol. The summed E-state index contributed by atoms with van der Waals surface area (Å²) in [5.41, 5.74) is 0.848. The van der Waals surface area contributed by atoms with Gasteiger partial charge in [0, 0.05) is 18.7 Å². The van der Waals surface area contributed by atoms with E-state index in [0.29, 0.717) is 24.7 Å². The number of rotatable bonds is 9. The summed E-state index contributed by atoms with van der Waals surface area (Å²) < 4.78 is 15.7. The van der Waals surface area contributed by atoms with Crippen LogP contribution in [0.1, 0.15) is 45.1 Å². The molecule has 1 atom stereocenters. The van der Waals surface area contributed by atoms with E-state index in [1.807, 2.05) is 30.0 Å². The molecule has 154 valence electrons. The van der Waals surface area contributed by atoms with Crippen molar-refractivity contribution in [3.8, 4) is 11.5 Å². The van der Waals surface area contributed by atoms with Crippen LogP contribution in [0.15, 0.2) is 24.3 Å². The molecule has 1 aliphatic carbocycles. The highest BCUT2D eigenvalue weighted by Crippen LogP contribution is 2.29. The second-order valence-electron chi connectivity index (χ2n) is 7.03. The standard InChI is InChI=1S/C22H31NO5/c1-5-28-19-12-10-17(14-20(19)26-3)11-13-21(24)23(18-8-6-7-9-18)15-16(2)22(25)27-4/h10-14,16,18H,5-9,15H2,1-4H3/b13-11+. The van der Waals surface area contributed by atoms with Gasteiger partial charge in [0.25, 0.3) is 0 Å². The number of carbonyl (C=O) groups is 2. The number of ether oxygens (including phenoxy) is 3. The van der Waals surface area contributed by atoms with E-state index in [4.69, 9.17) is 14.2 Å². The SMILES string of the molecule is CCOc1ccc(/C=C/C(=O)N(CC(C)C(=O)OC)C2CCCC2)cc1OC. The number of hydrogen-bond donors (Lipinski definition) is 0. The normalized spacial score (nSPS) is 15.4. The summed E-state index contributed by atoms with van der Waals surface area (Å²) in [4.78, 5) is 26.5. The molecule has 1 amide bonds. The van der Waals surface area contributed by atoms with E-state index in [1.165, 1.54) is 7.11 Å². The Morgan fingerprint density at radius 1 is 1.21 bits per heavy atom. The average Bonchev–Trinajstić information content (AvgIpc) is 3.24. The minimum absolute atomic E-state index is 0.0875. The predicted octanol–water partition coefficient (Wildman–Crippen LogP) is 3.69. The number of esters is 1. The fourth-order valence-corrected chi connectivity index (χ4v) is 3.53. The molecular formula is C22H31NO5. The maximum Gasteiger partial charge on any atom is 0.310 e. The smallest absolute Gasteiger partial charge is 0.310 e. The number of benzene rings is 1. The molecule has 0 spiro atoms. The van der Waals surface area contributed by atoms with Crippen LogP contribution in [0.2, 0.25) is 0 Å². The van der Waals surface area contributed by atoms with Crippen molar-refractivity contribution in [3.63, 3.8) is 0 Å². The maximum absolute atomic E-state index is 12.9. The van der Waals surface area contributed by atoms with Gasteiger partial charge in [0.05, 0.1) is 26.7 Å². The first-order valence-corrected chi connectivity index (χ1v) is 9.87. The lowest BCUT2D eigenvalue weighted by atomic mass is 10.1. The van der Waals surface area contributed by atoms with Crippen LogP contribution in [0.3, 0.4) is 0 Å². The molecule has 28 heavy (non-hydrogen) atoms. The van der Waals surface area contributed by atoms with Crippen LogP contribution in [0.4, 0.5) is 0 Å². The zero-order valence-electron chi connectivity index (χ0n) is 17.3. The molecule has 1 unspecified atom stereocenters. The molecule has 6 heteroatoms. The predicted molar refractivity (Wildman–Crippen MR) is 108 cm³/mol. The first-order valence-electron chi connectivity index (χ1n) is 9.87. The van der Waals surface area contributed by atoms with Gasteiger partial charge in [-0.25, -0.2) is 0 Å². The molecule has 1 aromatic carbocycles. The van der Waals surface area contributed by atoms with E-state index in [2.05, 4.69) is 0 Å². The van der Waals surface area contributed by atoms with Crippen molar-refractivity contribution in [2.24, 2.45) is 5.92 Å². The van der Waals surface area contributed by atoms with Crippen molar-refractivity contribution in [2.45, 2.75) is 45.6 Å². The molecule has 0 aliphatic heterocycles. The quantitative estimate of drug-likeness (QED) is 0.476. The molecule has 0 N–H and O–H groups in total. The van der Waals surface area contributed by atoms with E-state index < -0.39 is 0 Å². The maximum atomic E-state index is 12.9. The summed E-state index contributed by atoms with van der Waals surface area (Å²) in [5, 5.41) is 0. The van der Waals surface area contributed by atoms with Gasteiger partial charge in [-0.1, -0.05) is 25.8 Å². The van der Waals surface area contributed by atoms with E-state index >= 15 is 0 Å². The van der Waals surface area contributed by atoms with Gasteiger partial charge in [-0.2, -0.15) is 0 Å². The largest absolute Gasteiger partial charge is 0.493 e. The van der Waals surface area contributed by atoms with Crippen LogP contribution in [0.5, 0.6) is 11.5 Å². The van der Waals surface area contributed by atoms with Gasteiger partial charge >= 0.3 is 5.97 Å². The number of methoxy groups -OCH3 is 2. The van der Waals surface area contributed by atoms with Crippen LogP contribution in [0, 0.1) is 5.92 Å². The Kier molecular flexibility index (Phi) is 8.36. The lowest BCUT2D eigenvalue weighted by Crippen LogP contribution is -2.42. The molecular weight excluding hydrogens is 358 g/mol. The Morgan fingerprint density at radius 2 is 1.93 bits per heavy atom. The third kappa shape index (κ3) is 5.75. The number of carbonyl (C=O) groups excluding carboxylic acids is 2. The minimum Gasteiger partial charge on any atom is -0.493 e. The van der Waals surface area contributed by atoms with Crippen LogP contribution < -0.4 is 9.47 Å². The summed E-state index contributed by atoms with van der Waals surface area (Å²) in [7, 11) is 2.96. The third-order valence-electron chi connectivity index (χ3n) is 5.03. The van der Waals surface area contributed by atoms with E-state index in [1.54, 1.807) is 26.2 Å². The summed E-state index contributed by atoms with van der Waals surface area (Å²) in [6.45, 7) is 4.63. The van der Waals surface area contributed by atoms with Crippen molar-refractivity contribution < 1.29 is 23.8 Å². The first-order chi connectivity index (χ1) is 13.5. The van der Waals surface area contributed by atoms with Crippen molar-refractivity contribution >= 4 is 18.0 Å². The van der Waals surface area contributed by atoms with E-state index in [9.17, 15) is 9.59 Å². The first kappa shape index (κ1) is 21.8. The molecule has 1 fully saturated rings. The second kappa shape index (κ2) is 10.7. The lowest BCUT2D eigenvalue weighted by Gasteiger charge is -2.29. The molecule has 0 bridgehead atoms. The van der Waals surface area contributed by atoms with Gasteiger partial charge in [0.2, 0.25) is 5.91 Å². The summed E-state index contributed by atoms with van der Waals surface area (Å²) in [5.74, 6) is 0.566. The van der Waals surface area contributed by atoms with Gasteiger partial charge < -0.3 is 19.1 Å². The minimum atomic E-state index is -0.353. The van der Waals surface area contributed by atoms with Crippen molar-refractivity contribution in [1.82, 2.24) is 4.90 Å². The van der Waals surface area contributed by atoms with E-state index in [-0.39, 0.29) is 23.8 Å². The van der Waals surface area contributed by atoms with Crippen molar-refractivity contribution in [2.75, 3.05) is 27.4 Å². The Balaban J connectivity index is 2.14. The molecule has 1 aromatic rings. The van der Waals surface area contributed by atoms with Gasteiger partial charge in [-0.3, -0.25) is 9.59 Å². The van der Waals surface area contributed by atoms with Gasteiger partial charge in [0.15, 0.2) is 11.5 Å². The van der Waals surface area contributed by atoms with E-state index in [0.717, 1.165) is 31.2 Å². The Bertz CT molecular complexity index is 694. The highest BCUT2D eigenvalue weighted by atomic mass is 16.5. The molecule has 0 radical (unpaired) electrons. The van der Waals surface area contributed by atoms with Crippen LogP contribution in [0.25, 0.3) is 6.08 Å². The zero-order valence-corrected chi connectivity index (χ0v) is 17.3. The third-order valence-corrected chi connectivity index (χ3v) is 5.03. The highest BCUT2D eigenvalue weighted by Gasteiger charge is 2.28. The summed E-state index contributed by atoms with van der Waals surface area (Å²) in [6, 6.07) is 5.74. The molecule has 0 heterocycles. The molecule has 2 rings (SSSR count). The lowest BCUT2D eigenvalue weighted by molar-refractivity contribution is -0.146. The molecule has 6 nitrogen and oxygen atoms in total. The molecule has 1 aliphatic rings. The molecule has 1 saturated carbocycles. The Morgan fingerprint density at radius 3 is 2.54 bits per heavy atom. The zero-order chi connectivity index (χ0) is 20.5. The highest BCUT2D eigenvalue weighted by molar-refractivity contribution is 5.92. The molecule has 0 saturated heterocycles. The van der Waals surface area contributed by atoms with Crippen LogP contribution in [-0.2, 0) is 14.3 Å². The Hall–Kier alpha value is -2.50. The van der Waals surface area contributed by atoms with Crippen molar-refractivity contribution in [3.05, 3.63) is 29.8 Å². The number of nitrogens with zero attached hydrogens (tertiary/aromatic N) is 1. The van der Waals surface area contributed by atoms with Gasteiger partial charge in [0.1, 0.15) is 0 Å². The summed E-state index contributed by atoms with van der Waals surface area (Å²) in [6.07, 6.45) is 7.51. The summed E-state index contributed by atoms with van der Waals surface area (Å²) >= 11 is 0. The topological polar surface area (TPSA) is 65.1 Å². The number of hydrogen-bond acceptors (Lipinski definition) is 5. The Labute approximate surface area is 167 Å². The van der Waals surface area contributed by atoms with Crippen LogP contribution in [-0.4, -0.2) is 50.2 Å².